The molecular formula is C7H5BrN2O3S. The number of amides is 1. The molecule has 0 aliphatic carbocycles. The first-order chi connectivity index (χ1) is 6.69. The first-order valence-electron chi connectivity index (χ1n) is 3.38. The molecule has 1 rings (SSSR count). The van der Waals surface area contributed by atoms with Gasteiger partial charge in [-0.15, -0.1) is 11.3 Å². The number of thiazole rings is 1. The van der Waals surface area contributed by atoms with Gasteiger partial charge in [-0.05, 0) is 4.99 Å². The molecule has 1 aromatic rings. The van der Waals surface area contributed by atoms with E-state index in [1.807, 2.05) is 0 Å². The Hall–Kier alpha value is -1.21. The topological polar surface area (TPSA) is 79.3 Å². The van der Waals surface area contributed by atoms with Gasteiger partial charge in [-0.25, -0.2) is 9.78 Å². The summed E-state index contributed by atoms with van der Waals surface area (Å²) in [5.41, 5.74) is 0.351. The Morgan fingerprint density at radius 1 is 1.71 bits per heavy atom. The smallest absolute Gasteiger partial charge is 0.338 e. The van der Waals surface area contributed by atoms with Crippen LogP contribution in [0.5, 0.6) is 0 Å². The Morgan fingerprint density at radius 3 is 2.93 bits per heavy atom. The number of aromatic nitrogens is 1. The molecule has 0 aliphatic rings. The zero-order chi connectivity index (χ0) is 10.6. The van der Waals surface area contributed by atoms with Crippen LogP contribution in [0.15, 0.2) is 10.4 Å². The van der Waals surface area contributed by atoms with Crippen molar-refractivity contribution >= 4 is 50.4 Å². The van der Waals surface area contributed by atoms with Crippen molar-refractivity contribution in [3.8, 4) is 0 Å². The minimum atomic E-state index is -1.08. The molecule has 0 aromatic carbocycles. The third-order valence-corrected chi connectivity index (χ3v) is 2.53. The number of nitrogens with zero attached hydrogens (tertiary/aromatic N) is 1. The first-order valence-corrected chi connectivity index (χ1v) is 5.18. The number of nitrogens with one attached hydrogen (secondary N) is 1. The quantitative estimate of drug-likeness (QED) is 0.646. The SMILES string of the molecule is O=CNc1nc(/C(=C\Br)C(=O)O)cs1. The molecule has 0 spiro atoms. The molecule has 0 saturated carbocycles. The molecule has 2 N–H and O–H groups in total. The number of carboxylic acid groups (broad SMARTS) is 1. The maximum atomic E-state index is 10.7. The standard InChI is InChI=1S/C7H5BrN2O3S/c8-1-4(6(12)13)5-2-14-7(10-5)9-3-11/h1-3H,(H,12,13)(H,9,10,11)/b4-1+. The van der Waals surface area contributed by atoms with Gasteiger partial charge in [-0.2, -0.15) is 0 Å². The van der Waals surface area contributed by atoms with Gasteiger partial charge in [0.25, 0.3) is 0 Å². The minimum absolute atomic E-state index is 0.0419. The Morgan fingerprint density at radius 2 is 2.43 bits per heavy atom. The van der Waals surface area contributed by atoms with Crippen LogP contribution in [0.3, 0.4) is 0 Å². The van der Waals surface area contributed by atoms with E-state index in [9.17, 15) is 9.59 Å². The summed E-state index contributed by atoms with van der Waals surface area (Å²) < 4.78 is 0. The van der Waals surface area contributed by atoms with E-state index >= 15 is 0 Å². The van der Waals surface area contributed by atoms with E-state index in [0.717, 1.165) is 11.3 Å². The molecular weight excluding hydrogens is 272 g/mol. The van der Waals surface area contributed by atoms with E-state index in [0.29, 0.717) is 17.2 Å². The number of halogens is 1. The van der Waals surface area contributed by atoms with Gasteiger partial charge in [0.05, 0.1) is 11.3 Å². The molecule has 0 saturated heterocycles. The normalized spacial score (nSPS) is 11.1. The van der Waals surface area contributed by atoms with E-state index in [2.05, 4.69) is 26.2 Å². The van der Waals surface area contributed by atoms with Crippen molar-refractivity contribution in [3.63, 3.8) is 0 Å². The molecule has 1 amide bonds. The molecule has 1 aromatic heterocycles. The zero-order valence-corrected chi connectivity index (χ0v) is 9.13. The zero-order valence-electron chi connectivity index (χ0n) is 6.73. The van der Waals surface area contributed by atoms with Crippen molar-refractivity contribution < 1.29 is 14.7 Å². The number of carboxylic acids is 1. The van der Waals surface area contributed by atoms with Crippen LogP contribution in [0.25, 0.3) is 5.57 Å². The lowest BCUT2D eigenvalue weighted by molar-refractivity contribution is -0.130. The van der Waals surface area contributed by atoms with Gasteiger partial charge in [0, 0.05) is 5.38 Å². The van der Waals surface area contributed by atoms with Crippen LogP contribution in [-0.2, 0) is 9.59 Å². The highest BCUT2D eigenvalue weighted by Gasteiger charge is 2.13. The predicted molar refractivity (Wildman–Crippen MR) is 56.3 cm³/mol. The summed E-state index contributed by atoms with van der Waals surface area (Å²) in [4.78, 5) is 25.9. The van der Waals surface area contributed by atoms with Gasteiger partial charge in [-0.1, -0.05) is 15.9 Å². The number of hydrogen-bond acceptors (Lipinski definition) is 4. The molecule has 0 radical (unpaired) electrons. The number of carbonyl (C=O) groups excluding carboxylic acids is 1. The number of aliphatic carboxylic acids is 1. The maximum absolute atomic E-state index is 10.7. The fraction of sp³-hybridized carbons (Fsp3) is 0. The van der Waals surface area contributed by atoms with Gasteiger partial charge in [0.1, 0.15) is 0 Å². The van der Waals surface area contributed by atoms with Crippen LogP contribution in [0.2, 0.25) is 0 Å². The van der Waals surface area contributed by atoms with Crippen molar-refractivity contribution in [2.24, 2.45) is 0 Å². The van der Waals surface area contributed by atoms with Crippen LogP contribution in [0.4, 0.5) is 5.13 Å². The van der Waals surface area contributed by atoms with Crippen LogP contribution >= 0.6 is 27.3 Å². The molecule has 5 nitrogen and oxygen atoms in total. The van der Waals surface area contributed by atoms with Crippen molar-refractivity contribution in [1.29, 1.82) is 0 Å². The molecule has 0 atom stereocenters. The summed E-state index contributed by atoms with van der Waals surface area (Å²) in [6, 6.07) is 0. The maximum Gasteiger partial charge on any atom is 0.338 e. The van der Waals surface area contributed by atoms with Crippen molar-refractivity contribution in [1.82, 2.24) is 4.98 Å². The van der Waals surface area contributed by atoms with Crippen LogP contribution in [0, 0.1) is 0 Å². The highest BCUT2D eigenvalue weighted by Crippen LogP contribution is 2.22. The summed E-state index contributed by atoms with van der Waals surface area (Å²) in [7, 11) is 0. The highest BCUT2D eigenvalue weighted by molar-refractivity contribution is 9.11. The van der Waals surface area contributed by atoms with E-state index < -0.39 is 5.97 Å². The van der Waals surface area contributed by atoms with Crippen molar-refractivity contribution in [3.05, 3.63) is 16.1 Å². The average Bonchev–Trinajstić information content (AvgIpc) is 2.54. The second-order valence-corrected chi connectivity index (χ2v) is 3.44. The third kappa shape index (κ3) is 2.39. The second kappa shape index (κ2) is 4.87. The number of anilines is 1. The summed E-state index contributed by atoms with van der Waals surface area (Å²) in [5, 5.41) is 13.0. The number of carbonyl (C=O) groups is 2. The Balaban J connectivity index is 2.95. The predicted octanol–water partition coefficient (Wildman–Crippen LogP) is 1.53. The molecule has 0 unspecified atom stereocenters. The van der Waals surface area contributed by atoms with Crippen LogP contribution < -0.4 is 5.32 Å². The Labute approximate surface area is 91.6 Å². The summed E-state index contributed by atoms with van der Waals surface area (Å²) in [6.45, 7) is 0. The van der Waals surface area contributed by atoms with Gasteiger partial charge >= 0.3 is 5.97 Å². The fourth-order valence-corrected chi connectivity index (χ4v) is 1.83. The van der Waals surface area contributed by atoms with Gasteiger partial charge < -0.3 is 10.4 Å². The first kappa shape index (κ1) is 10.9. The monoisotopic (exact) mass is 276 g/mol. The summed E-state index contributed by atoms with van der Waals surface area (Å²) >= 11 is 4.09. The lowest BCUT2D eigenvalue weighted by Gasteiger charge is -1.94. The van der Waals surface area contributed by atoms with Gasteiger partial charge in [0.2, 0.25) is 6.41 Å². The molecule has 14 heavy (non-hydrogen) atoms. The largest absolute Gasteiger partial charge is 0.478 e. The molecule has 0 fully saturated rings. The van der Waals surface area contributed by atoms with Crippen LogP contribution in [0.1, 0.15) is 5.69 Å². The molecule has 0 aliphatic heterocycles. The third-order valence-electron chi connectivity index (χ3n) is 1.30. The van der Waals surface area contributed by atoms with Crippen molar-refractivity contribution in [2.45, 2.75) is 0 Å². The summed E-state index contributed by atoms with van der Waals surface area (Å²) in [6.07, 6.45) is 0.487. The molecule has 0 bridgehead atoms. The van der Waals surface area contributed by atoms with E-state index in [1.54, 1.807) is 5.38 Å². The molecule has 74 valence electrons. The Kier molecular flexibility index (Phi) is 3.78. The summed E-state index contributed by atoms with van der Waals surface area (Å²) in [5.74, 6) is -1.08. The second-order valence-electron chi connectivity index (χ2n) is 2.13. The van der Waals surface area contributed by atoms with E-state index in [1.165, 1.54) is 4.99 Å². The van der Waals surface area contributed by atoms with Gasteiger partial charge in [0.15, 0.2) is 5.13 Å². The highest BCUT2D eigenvalue weighted by atomic mass is 79.9. The number of rotatable bonds is 4. The fourth-order valence-electron chi connectivity index (χ4n) is 0.726. The minimum Gasteiger partial charge on any atom is -0.478 e. The molecule has 1 heterocycles. The van der Waals surface area contributed by atoms with E-state index in [-0.39, 0.29) is 5.57 Å². The lowest BCUT2D eigenvalue weighted by Crippen LogP contribution is -2.00. The van der Waals surface area contributed by atoms with Gasteiger partial charge in [-0.3, -0.25) is 4.79 Å². The average molecular weight is 277 g/mol. The van der Waals surface area contributed by atoms with Crippen molar-refractivity contribution in [2.75, 3.05) is 5.32 Å². The Bertz CT molecular complexity index is 388. The number of hydrogen-bond donors (Lipinski definition) is 2. The van der Waals surface area contributed by atoms with E-state index in [4.69, 9.17) is 5.11 Å². The van der Waals surface area contributed by atoms with Crippen LogP contribution in [-0.4, -0.2) is 22.5 Å². The lowest BCUT2D eigenvalue weighted by atomic mass is 10.2. The molecule has 7 heteroatoms.